The molecule has 0 atom stereocenters. The van der Waals surface area contributed by atoms with Gasteiger partial charge in [0.05, 0.1) is 13.2 Å². The van der Waals surface area contributed by atoms with Crippen LogP contribution in [0.25, 0.3) is 0 Å². The lowest BCUT2D eigenvalue weighted by molar-refractivity contribution is 0.184. The number of halogens is 1. The van der Waals surface area contributed by atoms with Gasteiger partial charge in [-0.25, -0.2) is 0 Å². The van der Waals surface area contributed by atoms with E-state index in [2.05, 4.69) is 27.3 Å². The summed E-state index contributed by atoms with van der Waals surface area (Å²) in [4.78, 5) is 0. The molecule has 0 unspecified atom stereocenters. The summed E-state index contributed by atoms with van der Waals surface area (Å²) in [7, 11) is 3.43. The van der Waals surface area contributed by atoms with Gasteiger partial charge in [0.25, 0.3) is 0 Å². The van der Waals surface area contributed by atoms with Crippen molar-refractivity contribution < 1.29 is 14.2 Å². The maximum absolute atomic E-state index is 5.85. The van der Waals surface area contributed by atoms with Crippen molar-refractivity contribution >= 4 is 15.9 Å². The third-order valence-electron chi connectivity index (χ3n) is 2.82. The number of nitrogens with one attached hydrogen (secondary N) is 1. The van der Waals surface area contributed by atoms with E-state index in [1.54, 1.807) is 14.2 Å². The quantitative estimate of drug-likeness (QED) is 0.626. The Kier molecular flexibility index (Phi) is 9.66. The summed E-state index contributed by atoms with van der Waals surface area (Å²) in [5.41, 5.74) is 1.15. The molecule has 0 fully saturated rings. The van der Waals surface area contributed by atoms with Gasteiger partial charge < -0.3 is 19.5 Å². The third-order valence-corrected chi connectivity index (χ3v) is 3.31. The molecule has 0 aliphatic rings. The van der Waals surface area contributed by atoms with Crippen LogP contribution in [0.4, 0.5) is 0 Å². The molecular weight excluding hydrogens is 322 g/mol. The first kappa shape index (κ1) is 17.4. The number of rotatable bonds is 11. The Bertz CT molecular complexity index is 374. The van der Waals surface area contributed by atoms with Crippen LogP contribution in [0.15, 0.2) is 22.7 Å². The number of unbranched alkanes of at least 4 members (excludes halogenated alkanes) is 1. The molecule has 0 bridgehead atoms. The number of methoxy groups -OCH3 is 2. The van der Waals surface area contributed by atoms with E-state index in [-0.39, 0.29) is 0 Å². The van der Waals surface area contributed by atoms with Crippen molar-refractivity contribution in [3.63, 3.8) is 0 Å². The summed E-state index contributed by atoms with van der Waals surface area (Å²) >= 11 is 3.50. The number of benzene rings is 1. The van der Waals surface area contributed by atoms with Crippen LogP contribution in [-0.4, -0.2) is 40.6 Å². The molecular formula is C15H24BrNO3. The fourth-order valence-corrected chi connectivity index (χ4v) is 2.16. The van der Waals surface area contributed by atoms with Crippen LogP contribution in [0.2, 0.25) is 0 Å². The van der Waals surface area contributed by atoms with Crippen LogP contribution >= 0.6 is 15.9 Å². The van der Waals surface area contributed by atoms with Crippen LogP contribution in [-0.2, 0) is 16.0 Å². The van der Waals surface area contributed by atoms with Crippen molar-refractivity contribution in [1.29, 1.82) is 0 Å². The summed E-state index contributed by atoms with van der Waals surface area (Å²) in [5.74, 6) is 0.940. The van der Waals surface area contributed by atoms with E-state index in [1.165, 1.54) is 0 Å². The van der Waals surface area contributed by atoms with E-state index in [0.29, 0.717) is 6.61 Å². The molecule has 0 aliphatic carbocycles. The van der Waals surface area contributed by atoms with Crippen molar-refractivity contribution in [3.8, 4) is 5.75 Å². The molecule has 0 aromatic heterocycles. The first-order valence-corrected chi connectivity index (χ1v) is 7.67. The second-order valence-electron chi connectivity index (χ2n) is 4.47. The van der Waals surface area contributed by atoms with Crippen LogP contribution in [0.5, 0.6) is 5.75 Å². The standard InChI is InChI=1S/C15H24BrNO3/c1-18-8-3-4-9-20-15-6-5-14(16)11-13(15)12-17-7-10-19-2/h5-6,11,17H,3-4,7-10,12H2,1-2H3. The molecule has 1 rings (SSSR count). The highest BCUT2D eigenvalue weighted by atomic mass is 79.9. The second-order valence-corrected chi connectivity index (χ2v) is 5.39. The fraction of sp³-hybridized carbons (Fsp3) is 0.600. The lowest BCUT2D eigenvalue weighted by Crippen LogP contribution is -2.19. The Hall–Kier alpha value is -0.620. The van der Waals surface area contributed by atoms with E-state index in [4.69, 9.17) is 14.2 Å². The normalized spacial score (nSPS) is 10.8. The molecule has 5 heteroatoms. The van der Waals surface area contributed by atoms with Gasteiger partial charge in [0, 0.05) is 44.0 Å². The van der Waals surface area contributed by atoms with E-state index in [1.807, 2.05) is 12.1 Å². The molecule has 20 heavy (non-hydrogen) atoms. The van der Waals surface area contributed by atoms with Gasteiger partial charge in [-0.15, -0.1) is 0 Å². The maximum Gasteiger partial charge on any atom is 0.123 e. The minimum Gasteiger partial charge on any atom is -0.493 e. The molecule has 114 valence electrons. The van der Waals surface area contributed by atoms with Crippen molar-refractivity contribution in [3.05, 3.63) is 28.2 Å². The molecule has 4 nitrogen and oxygen atoms in total. The average molecular weight is 346 g/mol. The molecule has 1 aromatic carbocycles. The molecule has 0 saturated carbocycles. The Morgan fingerprint density at radius 3 is 2.55 bits per heavy atom. The third kappa shape index (κ3) is 7.24. The first-order valence-electron chi connectivity index (χ1n) is 6.87. The first-order chi connectivity index (χ1) is 9.77. The van der Waals surface area contributed by atoms with E-state index in [9.17, 15) is 0 Å². The van der Waals surface area contributed by atoms with E-state index in [0.717, 1.165) is 54.9 Å². The van der Waals surface area contributed by atoms with Gasteiger partial charge in [0.15, 0.2) is 0 Å². The molecule has 0 saturated heterocycles. The predicted octanol–water partition coefficient (Wildman–Crippen LogP) is 2.99. The van der Waals surface area contributed by atoms with Gasteiger partial charge in [0.1, 0.15) is 5.75 Å². The van der Waals surface area contributed by atoms with Crippen molar-refractivity contribution in [1.82, 2.24) is 5.32 Å². The van der Waals surface area contributed by atoms with Crippen LogP contribution in [0.3, 0.4) is 0 Å². The summed E-state index contributed by atoms with van der Waals surface area (Å²) in [6.07, 6.45) is 2.02. The Morgan fingerprint density at radius 1 is 1.05 bits per heavy atom. The highest BCUT2D eigenvalue weighted by Gasteiger charge is 2.04. The van der Waals surface area contributed by atoms with Gasteiger partial charge >= 0.3 is 0 Å². The van der Waals surface area contributed by atoms with Gasteiger partial charge in [0.2, 0.25) is 0 Å². The molecule has 0 spiro atoms. The molecule has 1 N–H and O–H groups in total. The highest BCUT2D eigenvalue weighted by molar-refractivity contribution is 9.10. The summed E-state index contributed by atoms with van der Waals surface area (Å²) < 4.78 is 17.0. The fourth-order valence-electron chi connectivity index (χ4n) is 1.75. The molecule has 0 heterocycles. The Labute approximate surface area is 129 Å². The van der Waals surface area contributed by atoms with Crippen molar-refractivity contribution in [2.75, 3.05) is 40.6 Å². The van der Waals surface area contributed by atoms with Crippen LogP contribution in [0, 0.1) is 0 Å². The largest absolute Gasteiger partial charge is 0.493 e. The summed E-state index contributed by atoms with van der Waals surface area (Å²) in [5, 5.41) is 3.34. The summed E-state index contributed by atoms with van der Waals surface area (Å²) in [6.45, 7) is 3.82. The summed E-state index contributed by atoms with van der Waals surface area (Å²) in [6, 6.07) is 6.10. The maximum atomic E-state index is 5.85. The monoisotopic (exact) mass is 345 g/mol. The van der Waals surface area contributed by atoms with E-state index < -0.39 is 0 Å². The lowest BCUT2D eigenvalue weighted by Gasteiger charge is -2.13. The van der Waals surface area contributed by atoms with E-state index >= 15 is 0 Å². The second kappa shape index (κ2) is 11.1. The molecule has 0 amide bonds. The zero-order valence-corrected chi connectivity index (χ0v) is 13.9. The topological polar surface area (TPSA) is 39.7 Å². The minimum atomic E-state index is 0.710. The van der Waals surface area contributed by atoms with Crippen LogP contribution in [0.1, 0.15) is 18.4 Å². The molecule has 0 aliphatic heterocycles. The van der Waals surface area contributed by atoms with Gasteiger partial charge in [-0.3, -0.25) is 0 Å². The zero-order chi connectivity index (χ0) is 14.6. The Morgan fingerprint density at radius 2 is 1.80 bits per heavy atom. The number of hydrogen-bond acceptors (Lipinski definition) is 4. The molecule has 0 radical (unpaired) electrons. The SMILES string of the molecule is COCCCCOc1ccc(Br)cc1CNCCOC. The highest BCUT2D eigenvalue weighted by Crippen LogP contribution is 2.23. The lowest BCUT2D eigenvalue weighted by atomic mass is 10.2. The number of ether oxygens (including phenoxy) is 3. The van der Waals surface area contributed by atoms with Crippen molar-refractivity contribution in [2.45, 2.75) is 19.4 Å². The predicted molar refractivity (Wildman–Crippen MR) is 84.3 cm³/mol. The van der Waals surface area contributed by atoms with Gasteiger partial charge in [-0.1, -0.05) is 15.9 Å². The Balaban J connectivity index is 2.42. The zero-order valence-electron chi connectivity index (χ0n) is 12.3. The van der Waals surface area contributed by atoms with Gasteiger partial charge in [-0.2, -0.15) is 0 Å². The molecule has 1 aromatic rings. The van der Waals surface area contributed by atoms with Crippen LogP contribution < -0.4 is 10.1 Å². The smallest absolute Gasteiger partial charge is 0.123 e. The van der Waals surface area contributed by atoms with Crippen molar-refractivity contribution in [2.24, 2.45) is 0 Å². The number of hydrogen-bond donors (Lipinski definition) is 1. The van der Waals surface area contributed by atoms with Gasteiger partial charge in [-0.05, 0) is 31.0 Å². The minimum absolute atomic E-state index is 0.710. The average Bonchev–Trinajstić information content (AvgIpc) is 2.45.